The fraction of sp³-hybridized carbons (Fsp3) is 0.600. The van der Waals surface area contributed by atoms with Gasteiger partial charge in [-0.3, -0.25) is 4.98 Å². The molecule has 1 aromatic rings. The van der Waals surface area contributed by atoms with Crippen molar-refractivity contribution in [3.05, 3.63) is 18.1 Å². The van der Waals surface area contributed by atoms with Crippen molar-refractivity contribution in [3.8, 4) is 0 Å². The van der Waals surface area contributed by atoms with Gasteiger partial charge in [0.25, 0.3) is 6.43 Å². The first-order valence-electron chi connectivity index (χ1n) is 5.33. The van der Waals surface area contributed by atoms with Gasteiger partial charge in [-0.05, 0) is 19.4 Å². The Hall–Kier alpha value is -1.30. The van der Waals surface area contributed by atoms with Gasteiger partial charge in [0.05, 0.1) is 30.7 Å². The molecule has 0 unspecified atom stereocenters. The molecule has 2 N–H and O–H groups in total. The van der Waals surface area contributed by atoms with Gasteiger partial charge in [-0.15, -0.1) is 0 Å². The number of hydrogen-bond donors (Lipinski definition) is 2. The summed E-state index contributed by atoms with van der Waals surface area (Å²) in [5.41, 5.74) is 0.875. The van der Waals surface area contributed by atoms with Crippen LogP contribution in [0.25, 0.3) is 0 Å². The first-order valence-corrected chi connectivity index (χ1v) is 5.33. The van der Waals surface area contributed by atoms with Crippen LogP contribution in [-0.2, 0) is 0 Å². The van der Waals surface area contributed by atoms with Gasteiger partial charge >= 0.3 is 0 Å². The van der Waals surface area contributed by atoms with Gasteiger partial charge in [-0.2, -0.15) is 0 Å². The van der Waals surface area contributed by atoms with Crippen molar-refractivity contribution in [2.45, 2.75) is 25.3 Å². The minimum absolute atomic E-state index is 0.261. The second-order valence-electron chi connectivity index (χ2n) is 3.75. The van der Waals surface area contributed by atoms with Crippen LogP contribution in [0.15, 0.2) is 12.4 Å². The number of halogens is 2. The zero-order chi connectivity index (χ0) is 11.4. The molecule has 0 bridgehead atoms. The highest BCUT2D eigenvalue weighted by atomic mass is 19.3. The predicted molar refractivity (Wildman–Crippen MR) is 56.5 cm³/mol. The van der Waals surface area contributed by atoms with Gasteiger partial charge in [0.2, 0.25) is 0 Å². The third-order valence-corrected chi connectivity index (χ3v) is 2.53. The standard InChI is InChI=1S/C10H14F2N4/c11-9(12)5-16-10-6-14-8(4-15-10)7-2-1-3-13-7/h4,6-7,9,13H,1-3,5H2,(H,15,16)/t7-/m1/s1. The summed E-state index contributed by atoms with van der Waals surface area (Å²) in [4.78, 5) is 8.25. The van der Waals surface area contributed by atoms with E-state index in [9.17, 15) is 8.78 Å². The molecule has 1 fully saturated rings. The quantitative estimate of drug-likeness (QED) is 0.821. The lowest BCUT2D eigenvalue weighted by Crippen LogP contribution is -2.15. The van der Waals surface area contributed by atoms with Crippen LogP contribution in [0.3, 0.4) is 0 Å². The number of hydrogen-bond acceptors (Lipinski definition) is 4. The molecule has 0 aliphatic carbocycles. The summed E-state index contributed by atoms with van der Waals surface area (Å²) < 4.78 is 23.8. The van der Waals surface area contributed by atoms with E-state index in [0.717, 1.165) is 25.1 Å². The largest absolute Gasteiger partial charge is 0.363 e. The van der Waals surface area contributed by atoms with Crippen LogP contribution >= 0.6 is 0 Å². The third kappa shape index (κ3) is 2.85. The van der Waals surface area contributed by atoms with Gasteiger partial charge in [0.15, 0.2) is 0 Å². The summed E-state index contributed by atoms with van der Waals surface area (Å²) in [6.07, 6.45) is 2.95. The van der Waals surface area contributed by atoms with E-state index in [0.29, 0.717) is 5.82 Å². The van der Waals surface area contributed by atoms with Crippen LogP contribution < -0.4 is 10.6 Å². The van der Waals surface area contributed by atoms with Gasteiger partial charge < -0.3 is 10.6 Å². The Kier molecular flexibility index (Phi) is 3.61. The zero-order valence-corrected chi connectivity index (χ0v) is 8.79. The van der Waals surface area contributed by atoms with E-state index < -0.39 is 13.0 Å². The maximum atomic E-state index is 11.9. The monoisotopic (exact) mass is 228 g/mol. The number of rotatable bonds is 4. The van der Waals surface area contributed by atoms with Crippen molar-refractivity contribution in [1.29, 1.82) is 0 Å². The molecule has 0 saturated carbocycles. The lowest BCUT2D eigenvalue weighted by Gasteiger charge is -2.09. The maximum absolute atomic E-state index is 11.9. The summed E-state index contributed by atoms with van der Waals surface area (Å²) in [6, 6.07) is 0.261. The number of alkyl halides is 2. The van der Waals surface area contributed by atoms with E-state index in [-0.39, 0.29) is 6.04 Å². The highest BCUT2D eigenvalue weighted by Crippen LogP contribution is 2.20. The highest BCUT2D eigenvalue weighted by molar-refractivity contribution is 5.31. The first-order chi connectivity index (χ1) is 7.75. The second kappa shape index (κ2) is 5.16. The molecule has 4 nitrogen and oxygen atoms in total. The normalized spacial score (nSPS) is 20.3. The van der Waals surface area contributed by atoms with Crippen molar-refractivity contribution in [2.24, 2.45) is 0 Å². The van der Waals surface area contributed by atoms with E-state index in [2.05, 4.69) is 20.6 Å². The molecule has 1 saturated heterocycles. The number of nitrogens with one attached hydrogen (secondary N) is 2. The lowest BCUT2D eigenvalue weighted by atomic mass is 10.2. The zero-order valence-electron chi connectivity index (χ0n) is 8.79. The summed E-state index contributed by atoms with van der Waals surface area (Å²) >= 11 is 0. The molecule has 2 heterocycles. The van der Waals surface area contributed by atoms with Crippen LogP contribution in [0, 0.1) is 0 Å². The Morgan fingerprint density at radius 2 is 2.31 bits per heavy atom. The van der Waals surface area contributed by atoms with Gasteiger partial charge in [-0.1, -0.05) is 0 Å². The fourth-order valence-corrected chi connectivity index (χ4v) is 1.73. The van der Waals surface area contributed by atoms with E-state index in [4.69, 9.17) is 0 Å². The Bertz CT molecular complexity index is 322. The molecule has 6 heteroatoms. The smallest absolute Gasteiger partial charge is 0.255 e. The third-order valence-electron chi connectivity index (χ3n) is 2.53. The fourth-order valence-electron chi connectivity index (χ4n) is 1.73. The van der Waals surface area contributed by atoms with E-state index >= 15 is 0 Å². The molecule has 1 aliphatic heterocycles. The molecule has 1 aromatic heterocycles. The van der Waals surface area contributed by atoms with Gasteiger partial charge in [0, 0.05) is 0 Å². The molecule has 16 heavy (non-hydrogen) atoms. The van der Waals surface area contributed by atoms with Crippen LogP contribution in [-0.4, -0.2) is 29.5 Å². The minimum atomic E-state index is -2.38. The molecule has 0 radical (unpaired) electrons. The molecular weight excluding hydrogens is 214 g/mol. The summed E-state index contributed by atoms with van der Waals surface area (Å²) in [5.74, 6) is 0.391. The second-order valence-corrected chi connectivity index (χ2v) is 3.75. The predicted octanol–water partition coefficient (Wildman–Crippen LogP) is 1.58. The number of nitrogens with zero attached hydrogens (tertiary/aromatic N) is 2. The topological polar surface area (TPSA) is 49.8 Å². The molecular formula is C10H14F2N4. The average Bonchev–Trinajstić information content (AvgIpc) is 2.80. The minimum Gasteiger partial charge on any atom is -0.363 e. The van der Waals surface area contributed by atoms with Crippen molar-refractivity contribution >= 4 is 5.82 Å². The Labute approximate surface area is 92.5 Å². The van der Waals surface area contributed by atoms with E-state index in [1.807, 2.05) is 0 Å². The molecule has 0 spiro atoms. The van der Waals surface area contributed by atoms with E-state index in [1.165, 1.54) is 6.20 Å². The molecule has 2 rings (SSSR count). The van der Waals surface area contributed by atoms with Crippen molar-refractivity contribution in [1.82, 2.24) is 15.3 Å². The molecule has 88 valence electrons. The SMILES string of the molecule is FC(F)CNc1cnc([C@H]2CCCN2)cn1. The van der Waals surface area contributed by atoms with Crippen LogP contribution in [0.1, 0.15) is 24.6 Å². The van der Waals surface area contributed by atoms with Crippen LogP contribution in [0.5, 0.6) is 0 Å². The van der Waals surface area contributed by atoms with Crippen molar-refractivity contribution in [2.75, 3.05) is 18.4 Å². The molecule has 0 amide bonds. The Morgan fingerprint density at radius 1 is 1.44 bits per heavy atom. The van der Waals surface area contributed by atoms with Crippen LogP contribution in [0.4, 0.5) is 14.6 Å². The average molecular weight is 228 g/mol. The molecule has 1 atom stereocenters. The summed E-state index contributed by atoms with van der Waals surface area (Å²) in [5, 5.41) is 5.82. The van der Waals surface area contributed by atoms with E-state index in [1.54, 1.807) is 6.20 Å². The molecule has 0 aromatic carbocycles. The van der Waals surface area contributed by atoms with Crippen molar-refractivity contribution in [3.63, 3.8) is 0 Å². The number of anilines is 1. The Balaban J connectivity index is 1.93. The van der Waals surface area contributed by atoms with Crippen molar-refractivity contribution < 1.29 is 8.78 Å². The highest BCUT2D eigenvalue weighted by Gasteiger charge is 2.17. The van der Waals surface area contributed by atoms with Crippen LogP contribution in [0.2, 0.25) is 0 Å². The molecule has 1 aliphatic rings. The first kappa shape index (κ1) is 11.2. The van der Waals surface area contributed by atoms with Gasteiger partial charge in [0.1, 0.15) is 5.82 Å². The van der Waals surface area contributed by atoms with Gasteiger partial charge in [-0.25, -0.2) is 13.8 Å². The number of aromatic nitrogens is 2. The Morgan fingerprint density at radius 3 is 2.88 bits per heavy atom. The summed E-state index contributed by atoms with van der Waals surface area (Å²) in [7, 11) is 0. The lowest BCUT2D eigenvalue weighted by molar-refractivity contribution is 0.163. The summed E-state index contributed by atoms with van der Waals surface area (Å²) in [6.45, 7) is 0.605. The maximum Gasteiger partial charge on any atom is 0.255 e.